The molecule has 0 amide bonds. The first kappa shape index (κ1) is 4.73. The molecule has 0 saturated heterocycles. The molecule has 0 aromatic heterocycles. The van der Waals surface area contributed by atoms with Gasteiger partial charge in [0.05, 0.1) is 5.60 Å². The van der Waals surface area contributed by atoms with E-state index in [9.17, 15) is 0 Å². The van der Waals surface area contributed by atoms with Crippen molar-refractivity contribution in [1.29, 1.82) is 0 Å². The first-order valence-corrected chi connectivity index (χ1v) is 3.78. The summed E-state index contributed by atoms with van der Waals surface area (Å²) in [4.78, 5) is 0. The molecule has 0 aromatic rings. The summed E-state index contributed by atoms with van der Waals surface area (Å²) < 4.78 is 13.0. The van der Waals surface area contributed by atoms with Gasteiger partial charge in [-0.3, -0.25) is 0 Å². The topological polar surface area (TPSA) is 9.23 Å². The summed E-state index contributed by atoms with van der Waals surface area (Å²) in [7, 11) is 1.76. The standard InChI is InChI=1S/C8H14O/c1-9-8-5-3-2-4-7(8)6-8/h7H,2-6H2,1H3/t7-,8-/m0/s1/i6D/t6-,7-,8-. The van der Waals surface area contributed by atoms with Crippen LogP contribution in [-0.4, -0.2) is 12.7 Å². The third-order valence-corrected chi connectivity index (χ3v) is 2.71. The molecule has 0 N–H and O–H groups in total. The third-order valence-electron chi connectivity index (χ3n) is 2.71. The van der Waals surface area contributed by atoms with E-state index in [0.717, 1.165) is 6.42 Å². The number of methoxy groups -OCH3 is 1. The van der Waals surface area contributed by atoms with Gasteiger partial charge in [0.15, 0.2) is 0 Å². The molecule has 3 atom stereocenters. The molecule has 0 spiro atoms. The summed E-state index contributed by atoms with van der Waals surface area (Å²) >= 11 is 0. The fourth-order valence-corrected chi connectivity index (χ4v) is 1.98. The molecule has 0 radical (unpaired) electrons. The van der Waals surface area contributed by atoms with Crippen molar-refractivity contribution in [3.63, 3.8) is 0 Å². The van der Waals surface area contributed by atoms with E-state index < -0.39 is 0 Å². The Balaban J connectivity index is 2.09. The molecule has 0 aromatic carbocycles. The predicted molar refractivity (Wildman–Crippen MR) is 36.3 cm³/mol. The molecule has 0 aliphatic heterocycles. The smallest absolute Gasteiger partial charge is 0.0711 e. The Bertz CT molecular complexity index is 148. The van der Waals surface area contributed by atoms with Crippen molar-refractivity contribution in [2.45, 2.75) is 37.7 Å². The highest BCUT2D eigenvalue weighted by molar-refractivity contribution is 5.06. The highest BCUT2D eigenvalue weighted by atomic mass is 16.5. The highest BCUT2D eigenvalue weighted by Gasteiger charge is 2.55. The van der Waals surface area contributed by atoms with E-state index in [2.05, 4.69) is 0 Å². The molecule has 1 heteroatoms. The molecular formula is C8H14O. The zero-order chi connectivity index (χ0) is 7.19. The summed E-state index contributed by atoms with van der Waals surface area (Å²) in [5.41, 5.74) is 0.0122. The normalized spacial score (nSPS) is 58.1. The summed E-state index contributed by atoms with van der Waals surface area (Å²) in [5, 5.41) is 0. The zero-order valence-electron chi connectivity index (χ0n) is 6.89. The van der Waals surface area contributed by atoms with Crippen molar-refractivity contribution in [3.8, 4) is 0 Å². The van der Waals surface area contributed by atoms with E-state index in [1.54, 1.807) is 7.11 Å². The summed E-state index contributed by atoms with van der Waals surface area (Å²) in [6.07, 6.45) is 5.02. The summed E-state index contributed by atoms with van der Waals surface area (Å²) in [6, 6.07) is 0. The quantitative estimate of drug-likeness (QED) is 0.523. The average Bonchev–Trinajstić information content (AvgIpc) is 2.60. The lowest BCUT2D eigenvalue weighted by Gasteiger charge is -2.19. The maximum absolute atomic E-state index is 7.67. The van der Waals surface area contributed by atoms with Crippen LogP contribution in [0, 0.1) is 5.92 Å². The van der Waals surface area contributed by atoms with Crippen LogP contribution in [0.5, 0.6) is 0 Å². The Kier molecular flexibility index (Phi) is 0.905. The molecule has 2 aliphatic rings. The summed E-state index contributed by atoms with van der Waals surface area (Å²) in [5.74, 6) is 0.575. The Morgan fingerprint density at radius 3 is 3.11 bits per heavy atom. The van der Waals surface area contributed by atoms with Crippen LogP contribution in [0.3, 0.4) is 0 Å². The molecule has 9 heavy (non-hydrogen) atoms. The minimum absolute atomic E-state index is 0.0122. The van der Waals surface area contributed by atoms with E-state index in [1.807, 2.05) is 0 Å². The fourth-order valence-electron chi connectivity index (χ4n) is 1.98. The van der Waals surface area contributed by atoms with Gasteiger partial charge in [0.2, 0.25) is 0 Å². The second-order valence-electron chi connectivity index (χ2n) is 3.18. The fraction of sp³-hybridized carbons (Fsp3) is 1.00. The van der Waals surface area contributed by atoms with Gasteiger partial charge in [-0.1, -0.05) is 12.8 Å². The van der Waals surface area contributed by atoms with Crippen LogP contribution < -0.4 is 0 Å². The molecule has 52 valence electrons. The van der Waals surface area contributed by atoms with Gasteiger partial charge >= 0.3 is 0 Å². The van der Waals surface area contributed by atoms with E-state index >= 15 is 0 Å². The van der Waals surface area contributed by atoms with Gasteiger partial charge in [-0.05, 0) is 25.2 Å². The molecule has 0 heterocycles. The second-order valence-corrected chi connectivity index (χ2v) is 3.18. The van der Waals surface area contributed by atoms with Gasteiger partial charge in [-0.25, -0.2) is 0 Å². The van der Waals surface area contributed by atoms with Gasteiger partial charge in [0.25, 0.3) is 0 Å². The van der Waals surface area contributed by atoms with Crippen LogP contribution in [0.1, 0.15) is 33.5 Å². The molecular weight excluding hydrogens is 112 g/mol. The van der Waals surface area contributed by atoms with Crippen LogP contribution in [0.4, 0.5) is 0 Å². The van der Waals surface area contributed by atoms with Gasteiger partial charge in [-0.15, -0.1) is 0 Å². The molecule has 2 rings (SSSR count). The van der Waals surface area contributed by atoms with E-state index in [-0.39, 0.29) is 12.0 Å². The van der Waals surface area contributed by atoms with Crippen LogP contribution in [0.25, 0.3) is 0 Å². The monoisotopic (exact) mass is 127 g/mol. The van der Waals surface area contributed by atoms with Gasteiger partial charge in [0.1, 0.15) is 0 Å². The maximum atomic E-state index is 7.67. The Labute approximate surface area is 57.8 Å². The minimum Gasteiger partial charge on any atom is -0.378 e. The second kappa shape index (κ2) is 1.72. The maximum Gasteiger partial charge on any atom is 0.0711 e. The molecule has 2 saturated carbocycles. The number of ether oxygens (including phenoxy) is 1. The Hall–Kier alpha value is -0.0400. The van der Waals surface area contributed by atoms with E-state index in [0.29, 0.717) is 5.92 Å². The van der Waals surface area contributed by atoms with Crippen LogP contribution in [0.2, 0.25) is 0 Å². The number of hydrogen-bond acceptors (Lipinski definition) is 1. The SMILES string of the molecule is [2H][C@H]1[C@@H]2CCCC[C@]12OC. The molecule has 1 nitrogen and oxygen atoms in total. The largest absolute Gasteiger partial charge is 0.378 e. The van der Waals surface area contributed by atoms with Gasteiger partial charge in [0, 0.05) is 8.48 Å². The summed E-state index contributed by atoms with van der Waals surface area (Å²) in [6.45, 7) is 0. The van der Waals surface area contributed by atoms with Gasteiger partial charge < -0.3 is 4.74 Å². The van der Waals surface area contributed by atoms with Crippen molar-refractivity contribution < 1.29 is 6.11 Å². The molecule has 0 unspecified atom stereocenters. The first-order chi connectivity index (χ1) is 4.81. The average molecular weight is 127 g/mol. The number of rotatable bonds is 1. The van der Waals surface area contributed by atoms with Crippen molar-refractivity contribution in [2.24, 2.45) is 5.92 Å². The zero-order valence-corrected chi connectivity index (χ0v) is 5.89. The van der Waals surface area contributed by atoms with Crippen molar-refractivity contribution in [3.05, 3.63) is 0 Å². The lowest BCUT2D eigenvalue weighted by atomic mass is 9.98. The molecule has 2 fully saturated rings. The first-order valence-electron chi connectivity index (χ1n) is 4.36. The third kappa shape index (κ3) is 0.710. The highest BCUT2D eigenvalue weighted by Crippen LogP contribution is 2.55. The van der Waals surface area contributed by atoms with Crippen LogP contribution in [0.15, 0.2) is 0 Å². The minimum atomic E-state index is 0.0122. The van der Waals surface area contributed by atoms with Crippen LogP contribution >= 0.6 is 0 Å². The lowest BCUT2D eigenvalue weighted by Crippen LogP contribution is -2.18. The lowest BCUT2D eigenvalue weighted by molar-refractivity contribution is 0.0442. The predicted octanol–water partition coefficient (Wildman–Crippen LogP) is 1.97. The Morgan fingerprint density at radius 2 is 2.56 bits per heavy atom. The van der Waals surface area contributed by atoms with Gasteiger partial charge in [-0.2, -0.15) is 0 Å². The van der Waals surface area contributed by atoms with E-state index in [4.69, 9.17) is 6.11 Å². The van der Waals surface area contributed by atoms with Crippen LogP contribution in [-0.2, 0) is 4.74 Å². The van der Waals surface area contributed by atoms with E-state index in [1.165, 1.54) is 19.3 Å². The molecule has 2 aliphatic carbocycles. The Morgan fingerprint density at radius 1 is 1.67 bits per heavy atom. The molecule has 0 bridgehead atoms. The van der Waals surface area contributed by atoms with Crippen molar-refractivity contribution in [1.82, 2.24) is 0 Å². The van der Waals surface area contributed by atoms with Crippen molar-refractivity contribution >= 4 is 0 Å². The number of fused-ring (bicyclic) bond motifs is 1. The van der Waals surface area contributed by atoms with Crippen molar-refractivity contribution in [2.75, 3.05) is 7.11 Å². The number of hydrogen-bond donors (Lipinski definition) is 0.